The van der Waals surface area contributed by atoms with Gasteiger partial charge in [-0.25, -0.2) is 4.98 Å². The fourth-order valence-corrected chi connectivity index (χ4v) is 1.63. The molecule has 0 radical (unpaired) electrons. The Hall–Kier alpha value is -2.28. The molecule has 0 amide bonds. The van der Waals surface area contributed by atoms with Crippen LogP contribution in [0, 0.1) is 18.3 Å². The van der Waals surface area contributed by atoms with Gasteiger partial charge in [0.1, 0.15) is 5.69 Å². The normalized spacial score (nSPS) is 10.1. The first-order valence-corrected chi connectivity index (χ1v) is 5.81. The Labute approximate surface area is 106 Å². The number of nitriles is 1. The van der Waals surface area contributed by atoms with E-state index in [-0.39, 0.29) is 0 Å². The van der Waals surface area contributed by atoms with E-state index in [0.717, 1.165) is 16.8 Å². The van der Waals surface area contributed by atoms with Gasteiger partial charge in [-0.3, -0.25) is 0 Å². The molecule has 4 heteroatoms. The van der Waals surface area contributed by atoms with Crippen LogP contribution in [-0.2, 0) is 6.42 Å². The molecule has 0 fully saturated rings. The van der Waals surface area contributed by atoms with Gasteiger partial charge in [0.2, 0.25) is 5.89 Å². The summed E-state index contributed by atoms with van der Waals surface area (Å²) in [5, 5.41) is 8.61. The van der Waals surface area contributed by atoms with Crippen LogP contribution < -0.4 is 4.74 Å². The summed E-state index contributed by atoms with van der Waals surface area (Å²) in [5.74, 6) is 1.01. The molecule has 1 aromatic carbocycles. The van der Waals surface area contributed by atoms with Gasteiger partial charge < -0.3 is 9.15 Å². The van der Waals surface area contributed by atoms with Gasteiger partial charge in [-0.05, 0) is 31.5 Å². The fourth-order valence-electron chi connectivity index (χ4n) is 1.63. The standard InChI is InChI=1S/C14H14N2O2/c1-3-17-14-10(2)16-13(18-14)12-6-4-11(5-7-12)8-9-15/h4-7H,3,8H2,1-2H3. The van der Waals surface area contributed by atoms with Gasteiger partial charge in [0.05, 0.1) is 19.1 Å². The largest absolute Gasteiger partial charge is 0.464 e. The summed E-state index contributed by atoms with van der Waals surface area (Å²) in [6.07, 6.45) is 0.412. The van der Waals surface area contributed by atoms with E-state index in [1.54, 1.807) is 0 Å². The number of nitrogens with zero attached hydrogens (tertiary/aromatic N) is 2. The predicted octanol–water partition coefficient (Wildman–Crippen LogP) is 3.11. The van der Waals surface area contributed by atoms with Crippen molar-refractivity contribution in [1.82, 2.24) is 4.98 Å². The number of oxazole rings is 1. The van der Waals surface area contributed by atoms with Gasteiger partial charge in [-0.2, -0.15) is 5.26 Å². The van der Waals surface area contributed by atoms with E-state index >= 15 is 0 Å². The summed E-state index contributed by atoms with van der Waals surface area (Å²) in [6.45, 7) is 4.30. The predicted molar refractivity (Wildman–Crippen MR) is 67.2 cm³/mol. The second-order valence-electron chi connectivity index (χ2n) is 3.86. The SMILES string of the molecule is CCOc1oc(-c2ccc(CC#N)cc2)nc1C. The molecule has 0 saturated heterocycles. The van der Waals surface area contributed by atoms with Crippen LogP contribution >= 0.6 is 0 Å². The molecule has 0 aliphatic heterocycles. The van der Waals surface area contributed by atoms with E-state index in [2.05, 4.69) is 11.1 Å². The molecule has 0 spiro atoms. The molecule has 0 unspecified atom stereocenters. The lowest BCUT2D eigenvalue weighted by molar-refractivity contribution is 0.258. The van der Waals surface area contributed by atoms with Crippen LogP contribution in [0.5, 0.6) is 5.95 Å². The van der Waals surface area contributed by atoms with Crippen molar-refractivity contribution >= 4 is 0 Å². The lowest BCUT2D eigenvalue weighted by Gasteiger charge is -1.98. The Morgan fingerprint density at radius 1 is 1.33 bits per heavy atom. The van der Waals surface area contributed by atoms with E-state index in [0.29, 0.717) is 24.9 Å². The molecule has 4 nitrogen and oxygen atoms in total. The third-order valence-corrected chi connectivity index (χ3v) is 2.51. The molecule has 0 N–H and O–H groups in total. The van der Waals surface area contributed by atoms with Gasteiger partial charge in [-0.1, -0.05) is 12.1 Å². The minimum Gasteiger partial charge on any atom is -0.464 e. The molecule has 18 heavy (non-hydrogen) atoms. The molecule has 0 bridgehead atoms. The smallest absolute Gasteiger partial charge is 0.308 e. The maximum atomic E-state index is 8.61. The van der Waals surface area contributed by atoms with Crippen molar-refractivity contribution < 1.29 is 9.15 Å². The third-order valence-electron chi connectivity index (χ3n) is 2.51. The summed E-state index contributed by atoms with van der Waals surface area (Å²) >= 11 is 0. The van der Waals surface area contributed by atoms with Crippen molar-refractivity contribution in [1.29, 1.82) is 5.26 Å². The minimum absolute atomic E-state index is 0.412. The second kappa shape index (κ2) is 5.37. The van der Waals surface area contributed by atoms with E-state index < -0.39 is 0 Å². The minimum atomic E-state index is 0.412. The number of aromatic nitrogens is 1. The molecular formula is C14H14N2O2. The maximum absolute atomic E-state index is 8.61. The fraction of sp³-hybridized carbons (Fsp3) is 0.286. The van der Waals surface area contributed by atoms with Crippen LogP contribution in [0.4, 0.5) is 0 Å². The molecule has 92 valence electrons. The topological polar surface area (TPSA) is 59.0 Å². The third kappa shape index (κ3) is 2.51. The first-order valence-electron chi connectivity index (χ1n) is 5.81. The molecule has 2 rings (SSSR count). The molecule has 2 aromatic rings. The quantitative estimate of drug-likeness (QED) is 0.826. The highest BCUT2D eigenvalue weighted by Gasteiger charge is 2.11. The second-order valence-corrected chi connectivity index (χ2v) is 3.86. The van der Waals surface area contributed by atoms with E-state index in [4.69, 9.17) is 14.4 Å². The highest BCUT2D eigenvalue weighted by Crippen LogP contribution is 2.27. The Balaban J connectivity index is 2.26. The Morgan fingerprint density at radius 2 is 2.06 bits per heavy atom. The molecular weight excluding hydrogens is 228 g/mol. The number of hydrogen-bond donors (Lipinski definition) is 0. The van der Waals surface area contributed by atoms with Crippen molar-refractivity contribution in [2.75, 3.05) is 6.61 Å². The monoisotopic (exact) mass is 242 g/mol. The molecule has 0 aliphatic carbocycles. The van der Waals surface area contributed by atoms with Crippen LogP contribution in [0.2, 0.25) is 0 Å². The van der Waals surface area contributed by atoms with Crippen molar-refractivity contribution in [2.24, 2.45) is 0 Å². The Bertz CT molecular complexity index is 564. The van der Waals surface area contributed by atoms with E-state index in [1.165, 1.54) is 0 Å². The van der Waals surface area contributed by atoms with E-state index in [1.807, 2.05) is 38.1 Å². The van der Waals surface area contributed by atoms with Crippen LogP contribution in [0.3, 0.4) is 0 Å². The first kappa shape index (κ1) is 12.2. The Morgan fingerprint density at radius 3 is 2.67 bits per heavy atom. The van der Waals surface area contributed by atoms with Crippen molar-refractivity contribution in [3.8, 4) is 23.5 Å². The van der Waals surface area contributed by atoms with Gasteiger partial charge >= 0.3 is 5.95 Å². The summed E-state index contributed by atoms with van der Waals surface area (Å²) in [7, 11) is 0. The maximum Gasteiger partial charge on any atom is 0.308 e. The van der Waals surface area contributed by atoms with Crippen molar-refractivity contribution in [3.05, 3.63) is 35.5 Å². The number of hydrogen-bond acceptors (Lipinski definition) is 4. The summed E-state index contributed by atoms with van der Waals surface area (Å²) in [4.78, 5) is 4.32. The zero-order valence-electron chi connectivity index (χ0n) is 10.4. The highest BCUT2D eigenvalue weighted by atomic mass is 16.6. The average Bonchev–Trinajstić information content (AvgIpc) is 2.73. The lowest BCUT2D eigenvalue weighted by atomic mass is 10.1. The number of aryl methyl sites for hydroxylation is 1. The van der Waals surface area contributed by atoms with Crippen molar-refractivity contribution in [2.45, 2.75) is 20.3 Å². The van der Waals surface area contributed by atoms with Crippen LogP contribution in [0.25, 0.3) is 11.5 Å². The summed E-state index contributed by atoms with van der Waals surface area (Å²) in [6, 6.07) is 9.71. The summed E-state index contributed by atoms with van der Waals surface area (Å²) in [5.41, 5.74) is 2.60. The van der Waals surface area contributed by atoms with Crippen molar-refractivity contribution in [3.63, 3.8) is 0 Å². The van der Waals surface area contributed by atoms with Crippen LogP contribution in [0.15, 0.2) is 28.7 Å². The first-order chi connectivity index (χ1) is 8.74. The lowest BCUT2D eigenvalue weighted by Crippen LogP contribution is -1.90. The van der Waals surface area contributed by atoms with Gasteiger partial charge in [0, 0.05) is 5.56 Å². The van der Waals surface area contributed by atoms with Gasteiger partial charge in [0.25, 0.3) is 0 Å². The zero-order valence-corrected chi connectivity index (χ0v) is 10.4. The van der Waals surface area contributed by atoms with Gasteiger partial charge in [-0.15, -0.1) is 0 Å². The van der Waals surface area contributed by atoms with Crippen LogP contribution in [-0.4, -0.2) is 11.6 Å². The number of rotatable bonds is 4. The highest BCUT2D eigenvalue weighted by molar-refractivity contribution is 5.54. The number of benzene rings is 1. The summed E-state index contributed by atoms with van der Waals surface area (Å²) < 4.78 is 10.9. The molecule has 1 aromatic heterocycles. The molecule has 1 heterocycles. The van der Waals surface area contributed by atoms with Gasteiger partial charge in [0.15, 0.2) is 0 Å². The molecule has 0 aliphatic rings. The zero-order chi connectivity index (χ0) is 13.0. The molecule has 0 atom stereocenters. The number of ether oxygens (including phenoxy) is 1. The molecule has 0 saturated carbocycles. The Kier molecular flexibility index (Phi) is 3.63. The van der Waals surface area contributed by atoms with Crippen LogP contribution in [0.1, 0.15) is 18.2 Å². The average molecular weight is 242 g/mol. The van der Waals surface area contributed by atoms with E-state index in [9.17, 15) is 0 Å².